The molecule has 2 N–H and O–H groups in total. The van der Waals surface area contributed by atoms with E-state index in [2.05, 4.69) is 20.5 Å². The van der Waals surface area contributed by atoms with E-state index in [0.717, 1.165) is 11.3 Å². The van der Waals surface area contributed by atoms with Crippen molar-refractivity contribution in [2.45, 2.75) is 13.0 Å². The lowest BCUT2D eigenvalue weighted by atomic mass is 10.1. The van der Waals surface area contributed by atoms with Crippen molar-refractivity contribution in [2.75, 3.05) is 0 Å². The first-order valence-corrected chi connectivity index (χ1v) is 6.62. The van der Waals surface area contributed by atoms with Crippen LogP contribution in [0.15, 0.2) is 55.2 Å². The molecule has 3 aromatic rings. The van der Waals surface area contributed by atoms with Crippen LogP contribution in [0.1, 0.15) is 29.0 Å². The van der Waals surface area contributed by atoms with Crippen LogP contribution in [0.3, 0.4) is 0 Å². The van der Waals surface area contributed by atoms with Gasteiger partial charge in [-0.15, -0.1) is 0 Å². The molecule has 0 radical (unpaired) electrons. The molecule has 2 heterocycles. The Morgan fingerprint density at radius 1 is 1.24 bits per heavy atom. The Balaban J connectivity index is 1.70. The van der Waals surface area contributed by atoms with Crippen molar-refractivity contribution in [1.29, 1.82) is 0 Å². The molecule has 6 nitrogen and oxygen atoms in total. The van der Waals surface area contributed by atoms with Gasteiger partial charge in [0.1, 0.15) is 5.69 Å². The number of hydrogen-bond acceptors (Lipinski definition) is 3. The number of H-pyrrole nitrogens is 1. The van der Waals surface area contributed by atoms with E-state index in [1.54, 1.807) is 24.8 Å². The first-order valence-electron chi connectivity index (χ1n) is 6.62. The third-order valence-corrected chi connectivity index (χ3v) is 3.29. The summed E-state index contributed by atoms with van der Waals surface area (Å²) in [6.07, 6.45) is 6.93. The van der Waals surface area contributed by atoms with Crippen molar-refractivity contribution < 1.29 is 4.79 Å². The van der Waals surface area contributed by atoms with Crippen LogP contribution in [0.5, 0.6) is 0 Å². The SMILES string of the molecule is CC(NC(=O)c1ccn[nH]1)c1ccc(-n2ccnc2)cc1. The summed E-state index contributed by atoms with van der Waals surface area (Å²) in [6.45, 7) is 1.94. The van der Waals surface area contributed by atoms with Crippen LogP contribution < -0.4 is 5.32 Å². The zero-order valence-corrected chi connectivity index (χ0v) is 11.5. The maximum Gasteiger partial charge on any atom is 0.269 e. The second-order valence-corrected chi connectivity index (χ2v) is 4.73. The van der Waals surface area contributed by atoms with Gasteiger partial charge in [-0.05, 0) is 30.7 Å². The number of amides is 1. The zero-order chi connectivity index (χ0) is 14.7. The largest absolute Gasteiger partial charge is 0.344 e. The third-order valence-electron chi connectivity index (χ3n) is 3.29. The summed E-state index contributed by atoms with van der Waals surface area (Å²) in [4.78, 5) is 16.0. The fraction of sp³-hybridized carbons (Fsp3) is 0.133. The van der Waals surface area contributed by atoms with E-state index in [4.69, 9.17) is 0 Å². The summed E-state index contributed by atoms with van der Waals surface area (Å²) in [6, 6.07) is 9.54. The number of aromatic nitrogens is 4. The Kier molecular flexibility index (Phi) is 3.51. The summed E-state index contributed by atoms with van der Waals surface area (Å²) in [5.74, 6) is -0.168. The van der Waals surface area contributed by atoms with Crippen molar-refractivity contribution in [3.63, 3.8) is 0 Å². The Morgan fingerprint density at radius 2 is 2.05 bits per heavy atom. The van der Waals surface area contributed by atoms with E-state index >= 15 is 0 Å². The Bertz CT molecular complexity index is 701. The van der Waals surface area contributed by atoms with Gasteiger partial charge in [-0.25, -0.2) is 4.98 Å². The van der Waals surface area contributed by atoms with Gasteiger partial charge in [-0.3, -0.25) is 9.89 Å². The van der Waals surface area contributed by atoms with Gasteiger partial charge in [0.15, 0.2) is 0 Å². The zero-order valence-electron chi connectivity index (χ0n) is 11.5. The van der Waals surface area contributed by atoms with E-state index in [0.29, 0.717) is 5.69 Å². The average Bonchev–Trinajstić information content (AvgIpc) is 3.20. The van der Waals surface area contributed by atoms with Crippen LogP contribution in [0.2, 0.25) is 0 Å². The van der Waals surface area contributed by atoms with E-state index in [1.165, 1.54) is 0 Å². The number of hydrogen-bond donors (Lipinski definition) is 2. The molecule has 0 saturated carbocycles. The molecule has 0 aliphatic carbocycles. The normalized spacial score (nSPS) is 12.0. The maximum atomic E-state index is 11.9. The number of carbonyl (C=O) groups excluding carboxylic acids is 1. The number of imidazole rings is 1. The number of benzene rings is 1. The summed E-state index contributed by atoms with van der Waals surface area (Å²) in [7, 11) is 0. The summed E-state index contributed by atoms with van der Waals surface area (Å²) < 4.78 is 1.93. The predicted molar refractivity (Wildman–Crippen MR) is 78.0 cm³/mol. The molecule has 0 aliphatic rings. The highest BCUT2D eigenvalue weighted by molar-refractivity contribution is 5.92. The molecule has 0 fully saturated rings. The van der Waals surface area contributed by atoms with Crippen LogP contribution >= 0.6 is 0 Å². The number of rotatable bonds is 4. The lowest BCUT2D eigenvalue weighted by Gasteiger charge is -2.14. The number of aromatic amines is 1. The Labute approximate surface area is 121 Å². The molecule has 0 saturated heterocycles. The van der Waals surface area contributed by atoms with Gasteiger partial charge >= 0.3 is 0 Å². The molecule has 0 bridgehead atoms. The number of nitrogens with one attached hydrogen (secondary N) is 2. The third kappa shape index (κ3) is 2.84. The highest BCUT2D eigenvalue weighted by Crippen LogP contribution is 2.16. The molecule has 1 atom stereocenters. The van der Waals surface area contributed by atoms with Crippen molar-refractivity contribution >= 4 is 5.91 Å². The van der Waals surface area contributed by atoms with Crippen molar-refractivity contribution in [3.8, 4) is 5.69 Å². The molecular formula is C15H15N5O. The predicted octanol–water partition coefficient (Wildman–Crippen LogP) is 2.09. The van der Waals surface area contributed by atoms with Crippen LogP contribution in [0.25, 0.3) is 5.69 Å². The smallest absolute Gasteiger partial charge is 0.269 e. The average molecular weight is 281 g/mol. The van der Waals surface area contributed by atoms with Gasteiger partial charge < -0.3 is 9.88 Å². The first-order chi connectivity index (χ1) is 10.2. The summed E-state index contributed by atoms with van der Waals surface area (Å²) >= 11 is 0. The highest BCUT2D eigenvalue weighted by Gasteiger charge is 2.12. The van der Waals surface area contributed by atoms with Gasteiger partial charge in [0.25, 0.3) is 5.91 Å². The fourth-order valence-corrected chi connectivity index (χ4v) is 2.09. The van der Waals surface area contributed by atoms with Gasteiger partial charge in [-0.1, -0.05) is 12.1 Å². The molecule has 3 rings (SSSR count). The monoisotopic (exact) mass is 281 g/mol. The molecule has 6 heteroatoms. The minimum absolute atomic E-state index is 0.0855. The molecule has 1 aromatic carbocycles. The number of nitrogens with zero attached hydrogens (tertiary/aromatic N) is 3. The Morgan fingerprint density at radius 3 is 2.67 bits per heavy atom. The van der Waals surface area contributed by atoms with Crippen LogP contribution in [0.4, 0.5) is 0 Å². The van der Waals surface area contributed by atoms with Crippen molar-refractivity contribution in [1.82, 2.24) is 25.1 Å². The lowest BCUT2D eigenvalue weighted by molar-refractivity contribution is 0.0935. The minimum atomic E-state index is -0.168. The quantitative estimate of drug-likeness (QED) is 0.769. The summed E-state index contributed by atoms with van der Waals surface area (Å²) in [5, 5.41) is 9.34. The maximum absolute atomic E-state index is 11.9. The van der Waals surface area contributed by atoms with Gasteiger partial charge in [0, 0.05) is 24.3 Å². The lowest BCUT2D eigenvalue weighted by Crippen LogP contribution is -2.26. The van der Waals surface area contributed by atoms with E-state index in [-0.39, 0.29) is 11.9 Å². The molecule has 0 spiro atoms. The number of carbonyl (C=O) groups is 1. The van der Waals surface area contributed by atoms with Gasteiger partial charge in [-0.2, -0.15) is 5.10 Å². The van der Waals surface area contributed by atoms with Crippen LogP contribution in [-0.2, 0) is 0 Å². The van der Waals surface area contributed by atoms with Crippen molar-refractivity contribution in [2.24, 2.45) is 0 Å². The fourth-order valence-electron chi connectivity index (χ4n) is 2.09. The van der Waals surface area contributed by atoms with Crippen LogP contribution in [0, 0.1) is 0 Å². The van der Waals surface area contributed by atoms with Gasteiger partial charge in [0.2, 0.25) is 0 Å². The highest BCUT2D eigenvalue weighted by atomic mass is 16.2. The second kappa shape index (κ2) is 5.62. The van der Waals surface area contributed by atoms with E-state index in [1.807, 2.05) is 42.0 Å². The van der Waals surface area contributed by atoms with E-state index < -0.39 is 0 Å². The molecule has 0 aliphatic heterocycles. The Hall–Kier alpha value is -2.89. The van der Waals surface area contributed by atoms with E-state index in [9.17, 15) is 4.79 Å². The first kappa shape index (κ1) is 13.1. The minimum Gasteiger partial charge on any atom is -0.344 e. The topological polar surface area (TPSA) is 75.6 Å². The standard InChI is InChI=1S/C15H15N5O/c1-11(18-15(21)14-6-7-17-19-14)12-2-4-13(5-3-12)20-9-8-16-10-20/h2-11H,1H3,(H,17,19)(H,18,21). The second-order valence-electron chi connectivity index (χ2n) is 4.73. The molecule has 1 amide bonds. The molecular weight excluding hydrogens is 266 g/mol. The van der Waals surface area contributed by atoms with Gasteiger partial charge in [0.05, 0.1) is 12.4 Å². The summed E-state index contributed by atoms with van der Waals surface area (Å²) in [5.41, 5.74) is 2.52. The molecule has 106 valence electrons. The molecule has 2 aromatic heterocycles. The molecule has 21 heavy (non-hydrogen) atoms. The van der Waals surface area contributed by atoms with Crippen molar-refractivity contribution in [3.05, 3.63) is 66.5 Å². The van der Waals surface area contributed by atoms with Crippen LogP contribution in [-0.4, -0.2) is 25.7 Å². The molecule has 1 unspecified atom stereocenters.